The lowest BCUT2D eigenvalue weighted by molar-refractivity contribution is -0.485. The average Bonchev–Trinajstić information content (AvgIpc) is 2.53. The van der Waals surface area contributed by atoms with Crippen molar-refractivity contribution in [3.05, 3.63) is 50.1 Å². The van der Waals surface area contributed by atoms with Gasteiger partial charge in [-0.15, -0.1) is 0 Å². The van der Waals surface area contributed by atoms with Crippen LogP contribution in [0.2, 0.25) is 0 Å². The Morgan fingerprint density at radius 3 is 2.30 bits per heavy atom. The van der Waals surface area contributed by atoms with Crippen LogP contribution < -0.4 is 5.73 Å². The fourth-order valence-corrected chi connectivity index (χ4v) is 2.22. The molecule has 0 spiro atoms. The summed E-state index contributed by atoms with van der Waals surface area (Å²) in [6.07, 6.45) is 0. The molecular formula is C12H14N6O5. The Morgan fingerprint density at radius 1 is 1.13 bits per heavy atom. The van der Waals surface area contributed by atoms with Crippen molar-refractivity contribution in [3.8, 4) is 0 Å². The number of hydrogen-bond acceptors (Lipinski definition) is 5. The first-order valence-electron chi connectivity index (χ1n) is 6.65. The molecule has 0 saturated carbocycles. The molecule has 0 aromatic heterocycles. The van der Waals surface area contributed by atoms with Crippen molar-refractivity contribution in [2.75, 3.05) is 26.2 Å². The van der Waals surface area contributed by atoms with Gasteiger partial charge in [-0.1, -0.05) is 6.07 Å². The third-order valence-electron chi connectivity index (χ3n) is 3.38. The van der Waals surface area contributed by atoms with Crippen LogP contribution in [0.4, 0.5) is 5.69 Å². The largest absolute Gasteiger partial charge is 0.365 e. The SMILES string of the molecule is N/C(=N/[N+](=O)[O-])N1CCN(C(=O)c2cccc([N+](=O)[O-])c2)CC1. The third-order valence-corrected chi connectivity index (χ3v) is 3.38. The topological polar surface area (TPSA) is 148 Å². The van der Waals surface area contributed by atoms with Crippen molar-refractivity contribution < 1.29 is 14.8 Å². The predicted octanol–water partition coefficient (Wildman–Crippen LogP) is -0.141. The lowest BCUT2D eigenvalue weighted by Gasteiger charge is -2.34. The van der Waals surface area contributed by atoms with E-state index in [9.17, 15) is 25.0 Å². The van der Waals surface area contributed by atoms with Gasteiger partial charge in [0.1, 0.15) is 5.10 Å². The van der Waals surface area contributed by atoms with Crippen LogP contribution in [0.1, 0.15) is 10.4 Å². The molecule has 0 unspecified atom stereocenters. The van der Waals surface area contributed by atoms with E-state index in [2.05, 4.69) is 5.10 Å². The first kappa shape index (κ1) is 16.1. The summed E-state index contributed by atoms with van der Waals surface area (Å²) in [5, 5.41) is 23.2. The van der Waals surface area contributed by atoms with Crippen molar-refractivity contribution in [1.82, 2.24) is 9.80 Å². The minimum Gasteiger partial charge on any atom is -0.365 e. The maximum atomic E-state index is 12.3. The Kier molecular flexibility index (Phi) is 4.69. The Balaban J connectivity index is 2.02. The monoisotopic (exact) mass is 322 g/mol. The zero-order chi connectivity index (χ0) is 17.0. The molecule has 1 aliphatic heterocycles. The van der Waals surface area contributed by atoms with Crippen LogP contribution >= 0.6 is 0 Å². The van der Waals surface area contributed by atoms with Crippen LogP contribution in [0, 0.1) is 20.2 Å². The normalized spacial score (nSPS) is 15.4. The van der Waals surface area contributed by atoms with Gasteiger partial charge in [-0.25, -0.2) is 10.1 Å². The summed E-state index contributed by atoms with van der Waals surface area (Å²) in [6.45, 7) is 1.17. The molecule has 11 nitrogen and oxygen atoms in total. The zero-order valence-corrected chi connectivity index (χ0v) is 12.0. The number of hydrogen-bond donors (Lipinski definition) is 1. The second-order valence-corrected chi connectivity index (χ2v) is 4.78. The van der Waals surface area contributed by atoms with E-state index < -0.39 is 9.96 Å². The highest BCUT2D eigenvalue weighted by Gasteiger charge is 2.25. The van der Waals surface area contributed by atoms with Gasteiger partial charge in [0.25, 0.3) is 17.6 Å². The van der Waals surface area contributed by atoms with Crippen LogP contribution in [0.15, 0.2) is 29.4 Å². The molecule has 0 atom stereocenters. The molecule has 122 valence electrons. The number of amides is 1. The predicted molar refractivity (Wildman–Crippen MR) is 79.2 cm³/mol. The number of nitro groups is 2. The van der Waals surface area contributed by atoms with Gasteiger partial charge in [-0.05, 0) is 6.07 Å². The van der Waals surface area contributed by atoms with Gasteiger partial charge >= 0.3 is 0 Å². The molecule has 0 radical (unpaired) electrons. The number of non-ortho nitro benzene ring substituents is 1. The summed E-state index contributed by atoms with van der Waals surface area (Å²) in [7, 11) is 0. The average molecular weight is 322 g/mol. The van der Waals surface area contributed by atoms with E-state index in [0.29, 0.717) is 13.1 Å². The number of nitrogens with two attached hydrogens (primary N) is 1. The van der Waals surface area contributed by atoms with Gasteiger partial charge in [0.15, 0.2) is 5.03 Å². The molecular weight excluding hydrogens is 308 g/mol. The summed E-state index contributed by atoms with van der Waals surface area (Å²) in [5.74, 6) is -0.546. The third kappa shape index (κ3) is 3.90. The van der Waals surface area contributed by atoms with E-state index in [1.54, 1.807) is 0 Å². The fourth-order valence-electron chi connectivity index (χ4n) is 2.22. The van der Waals surface area contributed by atoms with Crippen molar-refractivity contribution in [2.45, 2.75) is 0 Å². The van der Waals surface area contributed by atoms with Gasteiger partial charge in [-0.3, -0.25) is 14.9 Å². The Bertz CT molecular complexity index is 668. The quantitative estimate of drug-likeness (QED) is 0.352. The van der Waals surface area contributed by atoms with Crippen molar-refractivity contribution in [1.29, 1.82) is 0 Å². The second kappa shape index (κ2) is 6.68. The van der Waals surface area contributed by atoms with Crippen LogP contribution in [-0.4, -0.2) is 57.8 Å². The van der Waals surface area contributed by atoms with Crippen molar-refractivity contribution in [3.63, 3.8) is 0 Å². The molecule has 1 aromatic rings. The van der Waals surface area contributed by atoms with E-state index in [-0.39, 0.29) is 36.2 Å². The lowest BCUT2D eigenvalue weighted by atomic mass is 10.1. The molecule has 1 heterocycles. The minimum absolute atomic E-state index is 0.156. The van der Waals surface area contributed by atoms with Gasteiger partial charge in [0.2, 0.25) is 0 Å². The highest BCUT2D eigenvalue weighted by Crippen LogP contribution is 2.15. The van der Waals surface area contributed by atoms with E-state index in [4.69, 9.17) is 5.73 Å². The van der Waals surface area contributed by atoms with Gasteiger partial charge in [0.05, 0.1) is 4.92 Å². The standard InChI is InChI=1S/C12H14N6O5/c13-12(14-18(22)23)16-6-4-15(5-7-16)11(19)9-2-1-3-10(8-9)17(20)21/h1-3,8H,4-7H2,(H2,13,14). The Morgan fingerprint density at radius 2 is 1.74 bits per heavy atom. The van der Waals surface area contributed by atoms with Crippen molar-refractivity contribution >= 4 is 17.6 Å². The highest BCUT2D eigenvalue weighted by molar-refractivity contribution is 5.95. The number of benzene rings is 1. The van der Waals surface area contributed by atoms with Gasteiger partial charge in [-0.2, -0.15) is 0 Å². The molecule has 1 aromatic carbocycles. The zero-order valence-electron chi connectivity index (χ0n) is 12.0. The molecule has 1 saturated heterocycles. The second-order valence-electron chi connectivity index (χ2n) is 4.78. The number of carbonyl (C=O) groups excluding carboxylic acids is 1. The molecule has 1 amide bonds. The number of hydrazone groups is 1. The lowest BCUT2D eigenvalue weighted by Crippen LogP contribution is -2.52. The van der Waals surface area contributed by atoms with Crippen LogP contribution in [0.5, 0.6) is 0 Å². The molecule has 2 rings (SSSR count). The molecule has 11 heteroatoms. The highest BCUT2D eigenvalue weighted by atomic mass is 16.7. The number of guanidine groups is 1. The molecule has 1 aliphatic rings. The summed E-state index contributed by atoms with van der Waals surface area (Å²) in [5.41, 5.74) is 5.56. The maximum Gasteiger partial charge on any atom is 0.270 e. The van der Waals surface area contributed by atoms with E-state index >= 15 is 0 Å². The number of nitrogens with zero attached hydrogens (tertiary/aromatic N) is 5. The number of piperazine rings is 1. The Labute approximate surface area is 130 Å². The summed E-state index contributed by atoms with van der Waals surface area (Å²) in [4.78, 5) is 35.8. The number of carbonyl (C=O) groups is 1. The summed E-state index contributed by atoms with van der Waals surface area (Å²) >= 11 is 0. The molecule has 1 fully saturated rings. The van der Waals surface area contributed by atoms with Crippen LogP contribution in [0.3, 0.4) is 0 Å². The first-order chi connectivity index (χ1) is 10.9. The smallest absolute Gasteiger partial charge is 0.270 e. The summed E-state index contributed by atoms with van der Waals surface area (Å²) < 4.78 is 0. The van der Waals surface area contributed by atoms with Crippen LogP contribution in [0.25, 0.3) is 0 Å². The minimum atomic E-state index is -0.879. The van der Waals surface area contributed by atoms with Gasteiger partial charge in [0, 0.05) is 43.9 Å². The molecule has 23 heavy (non-hydrogen) atoms. The van der Waals surface area contributed by atoms with Gasteiger partial charge < -0.3 is 15.5 Å². The fraction of sp³-hybridized carbons (Fsp3) is 0.333. The number of nitro benzene ring substituents is 1. The first-order valence-corrected chi connectivity index (χ1v) is 6.65. The van der Waals surface area contributed by atoms with E-state index in [1.807, 2.05) is 0 Å². The maximum absolute atomic E-state index is 12.3. The van der Waals surface area contributed by atoms with E-state index in [1.165, 1.54) is 34.1 Å². The number of rotatable bonds is 3. The van der Waals surface area contributed by atoms with Crippen molar-refractivity contribution in [2.24, 2.45) is 10.8 Å². The molecule has 2 N–H and O–H groups in total. The molecule has 0 bridgehead atoms. The van der Waals surface area contributed by atoms with Crippen LogP contribution in [-0.2, 0) is 0 Å². The van der Waals surface area contributed by atoms with E-state index in [0.717, 1.165) is 0 Å². The molecule has 0 aliphatic carbocycles. The summed E-state index contributed by atoms with van der Waals surface area (Å²) in [6, 6.07) is 5.48. The Hall–Kier alpha value is -3.24.